The number of hydrogen-bond donors (Lipinski definition) is 2. The third-order valence-electron chi connectivity index (χ3n) is 12.5. The van der Waals surface area contributed by atoms with Crippen LogP contribution < -0.4 is 10.6 Å². The number of fused-ring (bicyclic) bond motifs is 3. The molecule has 8 rings (SSSR count). The number of para-hydroxylation sites is 1. The van der Waals surface area contributed by atoms with Crippen LogP contribution in [0, 0.1) is 57.7 Å². The Hall–Kier alpha value is -5.26. The van der Waals surface area contributed by atoms with E-state index < -0.39 is 0 Å². The minimum atomic E-state index is -0.139. The maximum absolute atomic E-state index is 9.97. The predicted molar refractivity (Wildman–Crippen MR) is 212 cm³/mol. The first-order valence-corrected chi connectivity index (χ1v) is 19.2. The number of benzene rings is 2. The van der Waals surface area contributed by atoms with Crippen LogP contribution in [0.5, 0.6) is 0 Å². The highest BCUT2D eigenvalue weighted by molar-refractivity contribution is 6.08. The first kappa shape index (κ1) is 33.9. The Labute approximate surface area is 308 Å². The molecule has 2 heterocycles. The topological polar surface area (TPSA) is 76.6 Å². The van der Waals surface area contributed by atoms with Crippen LogP contribution in [-0.2, 0) is 0 Å². The molecule has 1 aliphatic heterocycles. The van der Waals surface area contributed by atoms with Gasteiger partial charge in [0.2, 0.25) is 0 Å². The van der Waals surface area contributed by atoms with E-state index in [-0.39, 0.29) is 35.3 Å². The van der Waals surface area contributed by atoms with Gasteiger partial charge in [-0.25, -0.2) is 0 Å². The van der Waals surface area contributed by atoms with Crippen molar-refractivity contribution < 1.29 is 0 Å². The van der Waals surface area contributed by atoms with Crippen molar-refractivity contribution in [2.45, 2.75) is 72.4 Å². The number of hydrogen-bond acceptors (Lipinski definition) is 4. The van der Waals surface area contributed by atoms with Crippen LogP contribution in [0.3, 0.4) is 0 Å². The molecule has 7 atom stereocenters. The number of allylic oxidation sites excluding steroid dienone is 14. The molecule has 5 aliphatic rings. The molecule has 4 aliphatic carbocycles. The minimum Gasteiger partial charge on any atom is -0.351 e. The number of nitrogens with zero attached hydrogens (tertiary/aromatic N) is 3. The zero-order valence-corrected chi connectivity index (χ0v) is 30.9. The highest BCUT2D eigenvalue weighted by Crippen LogP contribution is 2.49. The SMILES string of the molecule is CC1CC=CC=C1C1=C(NC2=CC(C3=CC(C)(C4=CCCC(C#N)C4C)CC=C3)C(C)C(n3c4ccccc4c4cc(C#N)ccc43)N2)C=CCC1. The van der Waals surface area contributed by atoms with E-state index in [0.717, 1.165) is 66.2 Å². The van der Waals surface area contributed by atoms with Crippen molar-refractivity contribution >= 4 is 21.8 Å². The average molecular weight is 684 g/mol. The Balaban J connectivity index is 1.26. The lowest BCUT2D eigenvalue weighted by Gasteiger charge is -2.42. The molecule has 0 saturated heterocycles. The Bertz CT molecular complexity index is 2270. The standard InChI is InChI=1S/C47H49N5/c1-30-13-5-6-16-36(30)37-17-7-9-20-42(37)50-45-26-39(34-15-12-24-47(4,27-34)41-19-11-14-35(29-49)31(41)2)32(3)46(51-45)52-43-21-10-8-18-38(43)40-25-33(28-48)22-23-44(40)52/h5-6,8-10,12,15-16,18-23,25-27,30-32,35,39,46,50-51H,7,11,13-14,17,24H2,1-4H3. The summed E-state index contributed by atoms with van der Waals surface area (Å²) in [6.07, 6.45) is 29.4. The zero-order chi connectivity index (χ0) is 36.0. The molecule has 52 heavy (non-hydrogen) atoms. The summed E-state index contributed by atoms with van der Waals surface area (Å²) in [5, 5.41) is 30.0. The Morgan fingerprint density at radius 1 is 0.962 bits per heavy atom. The van der Waals surface area contributed by atoms with Gasteiger partial charge < -0.3 is 15.2 Å². The highest BCUT2D eigenvalue weighted by atomic mass is 15.2. The van der Waals surface area contributed by atoms with Gasteiger partial charge in [0.25, 0.3) is 0 Å². The van der Waals surface area contributed by atoms with Crippen LogP contribution >= 0.6 is 0 Å². The summed E-state index contributed by atoms with van der Waals surface area (Å²) in [6, 6.07) is 19.7. The van der Waals surface area contributed by atoms with E-state index in [0.29, 0.717) is 11.5 Å². The van der Waals surface area contributed by atoms with Gasteiger partial charge in [-0.3, -0.25) is 0 Å². The van der Waals surface area contributed by atoms with Crippen LogP contribution in [0.25, 0.3) is 21.8 Å². The average Bonchev–Trinajstić information content (AvgIpc) is 3.49. The summed E-state index contributed by atoms with van der Waals surface area (Å²) in [5.74, 6) is 2.12. The lowest BCUT2D eigenvalue weighted by Crippen LogP contribution is -2.43. The quantitative estimate of drug-likeness (QED) is 0.254. The van der Waals surface area contributed by atoms with Crippen molar-refractivity contribution in [2.75, 3.05) is 0 Å². The highest BCUT2D eigenvalue weighted by Gasteiger charge is 2.40. The number of rotatable bonds is 6. The van der Waals surface area contributed by atoms with Crippen LogP contribution in [-0.4, -0.2) is 4.57 Å². The summed E-state index contributed by atoms with van der Waals surface area (Å²) in [4.78, 5) is 0. The number of aromatic nitrogens is 1. The Morgan fingerprint density at radius 3 is 2.63 bits per heavy atom. The molecular weight excluding hydrogens is 635 g/mol. The number of nitriles is 2. The molecule has 2 aromatic carbocycles. The maximum atomic E-state index is 9.97. The Kier molecular flexibility index (Phi) is 8.92. The van der Waals surface area contributed by atoms with Gasteiger partial charge in [0.1, 0.15) is 12.0 Å². The first-order chi connectivity index (χ1) is 25.3. The molecule has 3 aromatic rings. The van der Waals surface area contributed by atoms with E-state index >= 15 is 0 Å². The van der Waals surface area contributed by atoms with Crippen molar-refractivity contribution in [1.29, 1.82) is 10.5 Å². The van der Waals surface area contributed by atoms with Gasteiger partial charge in [0.05, 0.1) is 34.7 Å². The fraction of sp³-hybridized carbons (Fsp3) is 0.362. The van der Waals surface area contributed by atoms with Gasteiger partial charge in [-0.1, -0.05) is 100 Å². The Morgan fingerprint density at radius 2 is 1.81 bits per heavy atom. The molecule has 0 radical (unpaired) electrons. The van der Waals surface area contributed by atoms with Crippen molar-refractivity contribution in [1.82, 2.24) is 15.2 Å². The van der Waals surface area contributed by atoms with E-state index in [1.54, 1.807) is 0 Å². The maximum Gasteiger partial charge on any atom is 0.108 e. The van der Waals surface area contributed by atoms with Crippen LogP contribution in [0.1, 0.15) is 77.9 Å². The third-order valence-corrected chi connectivity index (χ3v) is 12.5. The van der Waals surface area contributed by atoms with Crippen LogP contribution in [0.2, 0.25) is 0 Å². The molecule has 262 valence electrons. The molecule has 5 nitrogen and oxygen atoms in total. The number of nitrogens with one attached hydrogen (secondary N) is 2. The van der Waals surface area contributed by atoms with E-state index in [4.69, 9.17) is 0 Å². The van der Waals surface area contributed by atoms with Gasteiger partial charge >= 0.3 is 0 Å². The van der Waals surface area contributed by atoms with Gasteiger partial charge in [-0.15, -0.1) is 0 Å². The fourth-order valence-electron chi connectivity index (χ4n) is 9.71. The van der Waals surface area contributed by atoms with E-state index in [9.17, 15) is 10.5 Å². The van der Waals surface area contributed by atoms with Crippen molar-refractivity contribution in [2.24, 2.45) is 35.0 Å². The molecule has 0 spiro atoms. The monoisotopic (exact) mass is 683 g/mol. The lowest BCUT2D eigenvalue weighted by molar-refractivity contribution is 0.257. The lowest BCUT2D eigenvalue weighted by atomic mass is 9.64. The molecular formula is C47H49N5. The minimum absolute atomic E-state index is 0.0674. The van der Waals surface area contributed by atoms with Crippen LogP contribution in [0.15, 0.2) is 137 Å². The molecule has 0 fully saturated rings. The van der Waals surface area contributed by atoms with E-state index in [2.05, 4.69) is 146 Å². The summed E-state index contributed by atoms with van der Waals surface area (Å²) in [6.45, 7) is 9.34. The second-order valence-electron chi connectivity index (χ2n) is 15.9. The molecule has 2 N–H and O–H groups in total. The van der Waals surface area contributed by atoms with Gasteiger partial charge in [0.15, 0.2) is 0 Å². The van der Waals surface area contributed by atoms with Crippen molar-refractivity contribution in [3.63, 3.8) is 0 Å². The summed E-state index contributed by atoms with van der Waals surface area (Å²) in [5.41, 5.74) is 9.56. The predicted octanol–water partition coefficient (Wildman–Crippen LogP) is 11.0. The smallest absolute Gasteiger partial charge is 0.108 e. The summed E-state index contributed by atoms with van der Waals surface area (Å²) < 4.78 is 2.47. The van der Waals surface area contributed by atoms with E-state index in [1.807, 2.05) is 12.1 Å². The second kappa shape index (κ2) is 13.7. The molecule has 5 heteroatoms. The molecule has 0 amide bonds. The molecule has 0 saturated carbocycles. The van der Waals surface area contributed by atoms with Crippen molar-refractivity contribution in [3.05, 3.63) is 143 Å². The molecule has 7 unspecified atom stereocenters. The van der Waals surface area contributed by atoms with E-state index in [1.165, 1.54) is 28.0 Å². The zero-order valence-electron chi connectivity index (χ0n) is 30.9. The van der Waals surface area contributed by atoms with Crippen molar-refractivity contribution in [3.8, 4) is 12.1 Å². The fourth-order valence-corrected chi connectivity index (χ4v) is 9.71. The summed E-state index contributed by atoms with van der Waals surface area (Å²) in [7, 11) is 0. The summed E-state index contributed by atoms with van der Waals surface area (Å²) >= 11 is 0. The molecule has 1 aromatic heterocycles. The third kappa shape index (κ3) is 5.87. The van der Waals surface area contributed by atoms with Gasteiger partial charge in [0, 0.05) is 33.7 Å². The normalized spacial score (nSPS) is 30.2. The van der Waals surface area contributed by atoms with Crippen LogP contribution in [0.4, 0.5) is 0 Å². The largest absolute Gasteiger partial charge is 0.351 e. The molecule has 0 bridgehead atoms. The second-order valence-corrected chi connectivity index (χ2v) is 15.9. The first-order valence-electron chi connectivity index (χ1n) is 19.2. The van der Waals surface area contributed by atoms with Gasteiger partial charge in [-0.05, 0) is 103 Å². The van der Waals surface area contributed by atoms with Gasteiger partial charge in [-0.2, -0.15) is 10.5 Å².